The first kappa shape index (κ1) is 23.3. The zero-order valence-electron chi connectivity index (χ0n) is 17.0. The highest BCUT2D eigenvalue weighted by Crippen LogP contribution is 2.33. The lowest BCUT2D eigenvalue weighted by molar-refractivity contribution is 0.0977. The summed E-state index contributed by atoms with van der Waals surface area (Å²) in [7, 11) is -3.76. The van der Waals surface area contributed by atoms with Gasteiger partial charge < -0.3 is 4.90 Å². The molecule has 0 saturated carbocycles. The molecule has 3 aromatic rings. The van der Waals surface area contributed by atoms with Gasteiger partial charge in [-0.05, 0) is 36.8 Å². The number of aryl methyl sites for hydroxylation is 1. The summed E-state index contributed by atoms with van der Waals surface area (Å²) in [4.78, 5) is 18.9. The molecule has 1 N–H and O–H groups in total. The summed E-state index contributed by atoms with van der Waals surface area (Å²) in [5, 5.41) is 9.46. The second kappa shape index (κ2) is 9.42. The van der Waals surface area contributed by atoms with Crippen molar-refractivity contribution >= 4 is 38.1 Å². The summed E-state index contributed by atoms with van der Waals surface area (Å²) in [6.45, 7) is 1.89. The molecule has 0 atom stereocenters. The monoisotopic (exact) mass is 476 g/mol. The van der Waals surface area contributed by atoms with E-state index in [0.29, 0.717) is 26.8 Å². The average Bonchev–Trinajstić information content (AvgIpc) is 3.13. The number of nitrogens with zero attached hydrogens (tertiary/aromatic N) is 3. The molecule has 0 unspecified atom stereocenters. The van der Waals surface area contributed by atoms with Crippen molar-refractivity contribution < 1.29 is 22.0 Å². The molecular formula is C21H18F2N4O3S2. The van der Waals surface area contributed by atoms with Crippen molar-refractivity contribution in [2.24, 2.45) is 0 Å². The molecule has 3 rings (SSSR count). The number of nitrogens with one attached hydrogen (secondary N) is 1. The van der Waals surface area contributed by atoms with Gasteiger partial charge in [0.2, 0.25) is 10.0 Å². The number of nitriles is 1. The number of hydrogen-bond donors (Lipinski definition) is 1. The Morgan fingerprint density at radius 3 is 2.34 bits per heavy atom. The van der Waals surface area contributed by atoms with Crippen molar-refractivity contribution in [2.45, 2.75) is 19.9 Å². The van der Waals surface area contributed by atoms with E-state index in [2.05, 4.69) is 4.98 Å². The molecule has 0 spiro atoms. The molecule has 0 aliphatic rings. The van der Waals surface area contributed by atoms with Crippen LogP contribution in [0.1, 0.15) is 38.5 Å². The highest BCUT2D eigenvalue weighted by molar-refractivity contribution is 7.89. The van der Waals surface area contributed by atoms with Crippen LogP contribution in [0.15, 0.2) is 48.5 Å². The minimum atomic E-state index is -3.76. The predicted molar refractivity (Wildman–Crippen MR) is 118 cm³/mol. The van der Waals surface area contributed by atoms with Crippen molar-refractivity contribution in [3.8, 4) is 6.07 Å². The molecule has 166 valence electrons. The van der Waals surface area contributed by atoms with Gasteiger partial charge in [0.05, 0.1) is 24.4 Å². The van der Waals surface area contributed by atoms with Crippen LogP contribution < -0.4 is 9.62 Å². The van der Waals surface area contributed by atoms with Crippen LogP contribution in [0.3, 0.4) is 0 Å². The fraction of sp³-hybridized carbons (Fsp3) is 0.190. The molecule has 0 bridgehead atoms. The van der Waals surface area contributed by atoms with E-state index in [0.717, 1.165) is 6.26 Å². The Bertz CT molecular complexity index is 1270. The lowest BCUT2D eigenvalue weighted by atomic mass is 10.1. The third-order valence-electron chi connectivity index (χ3n) is 4.39. The molecule has 0 fully saturated rings. The summed E-state index contributed by atoms with van der Waals surface area (Å²) in [6, 6.07) is 14.5. The van der Waals surface area contributed by atoms with Crippen LogP contribution in [-0.4, -0.2) is 25.6 Å². The number of alkyl halides is 2. The molecule has 1 amide bonds. The quantitative estimate of drug-likeness (QED) is 0.546. The van der Waals surface area contributed by atoms with E-state index >= 15 is 0 Å². The molecule has 0 radical (unpaired) electrons. The van der Waals surface area contributed by atoms with Crippen LogP contribution in [0.4, 0.5) is 19.6 Å². The lowest BCUT2D eigenvalue weighted by Gasteiger charge is -2.22. The summed E-state index contributed by atoms with van der Waals surface area (Å²) in [5.74, 6) is -0.839. The maximum absolute atomic E-state index is 12.9. The number of aromatic nitrogens is 1. The van der Waals surface area contributed by atoms with Gasteiger partial charge in [-0.1, -0.05) is 24.3 Å². The van der Waals surface area contributed by atoms with E-state index in [4.69, 9.17) is 5.26 Å². The Hall–Kier alpha value is -3.36. The number of carbonyl (C=O) groups excluding carboxylic acids is 1. The molecule has 1 aromatic heterocycles. The molecule has 11 heteroatoms. The van der Waals surface area contributed by atoms with E-state index in [1.54, 1.807) is 48.2 Å². The maximum atomic E-state index is 12.9. The molecular weight excluding hydrogens is 458 g/mol. The molecule has 7 nitrogen and oxygen atoms in total. The van der Waals surface area contributed by atoms with Crippen molar-refractivity contribution in [3.63, 3.8) is 0 Å². The standard InChI is InChI=1S/C21H18F2N4O3S2/c1-13-18(20(28)26-32(2,29)30)25-21(31-13)27(17-9-5-14(11-24)6-10-17)12-15-3-7-16(8-4-15)19(22)23/h3-10,19H,12H2,1-2H3,(H,26,28). The number of sulfonamides is 1. The minimum Gasteiger partial charge on any atom is -0.313 e. The fourth-order valence-electron chi connectivity index (χ4n) is 2.86. The van der Waals surface area contributed by atoms with Gasteiger partial charge in [-0.3, -0.25) is 4.79 Å². The van der Waals surface area contributed by atoms with Crippen LogP contribution in [0.5, 0.6) is 0 Å². The molecule has 0 aliphatic carbocycles. The number of benzene rings is 2. The number of hydrogen-bond acceptors (Lipinski definition) is 7. The second-order valence-electron chi connectivity index (χ2n) is 6.89. The van der Waals surface area contributed by atoms with Gasteiger partial charge in [-0.2, -0.15) is 5.26 Å². The first-order valence-corrected chi connectivity index (χ1v) is 11.9. The first-order valence-electron chi connectivity index (χ1n) is 9.21. The summed E-state index contributed by atoms with van der Waals surface area (Å²) in [5.41, 5.74) is 1.71. The number of carbonyl (C=O) groups is 1. The van der Waals surface area contributed by atoms with Crippen molar-refractivity contribution in [3.05, 3.63) is 75.8 Å². The third-order valence-corrected chi connectivity index (χ3v) is 5.94. The van der Waals surface area contributed by atoms with E-state index < -0.39 is 22.4 Å². The number of rotatable bonds is 7. The van der Waals surface area contributed by atoms with Gasteiger partial charge in [0.15, 0.2) is 5.13 Å². The van der Waals surface area contributed by atoms with Gasteiger partial charge in [0.25, 0.3) is 12.3 Å². The van der Waals surface area contributed by atoms with Crippen LogP contribution >= 0.6 is 11.3 Å². The zero-order chi connectivity index (χ0) is 23.5. The Labute approximate surface area is 188 Å². The van der Waals surface area contributed by atoms with Crippen LogP contribution in [0.25, 0.3) is 0 Å². The molecule has 1 heterocycles. The summed E-state index contributed by atoms with van der Waals surface area (Å²) in [6.07, 6.45) is -1.70. The van der Waals surface area contributed by atoms with Gasteiger partial charge in [-0.15, -0.1) is 11.3 Å². The van der Waals surface area contributed by atoms with Crippen LogP contribution in [0, 0.1) is 18.3 Å². The predicted octanol–water partition coefficient (Wildman–Crippen LogP) is 4.29. The van der Waals surface area contributed by atoms with E-state index in [1.807, 2.05) is 10.8 Å². The lowest BCUT2D eigenvalue weighted by Crippen LogP contribution is -2.30. The number of halogens is 2. The largest absolute Gasteiger partial charge is 0.313 e. The van der Waals surface area contributed by atoms with E-state index in [1.165, 1.54) is 23.5 Å². The first-order chi connectivity index (χ1) is 15.1. The van der Waals surface area contributed by atoms with Crippen molar-refractivity contribution in [1.82, 2.24) is 9.71 Å². The molecule has 0 saturated heterocycles. The Kier molecular flexibility index (Phi) is 6.86. The average molecular weight is 477 g/mol. The van der Waals surface area contributed by atoms with Crippen molar-refractivity contribution in [1.29, 1.82) is 5.26 Å². The molecule has 32 heavy (non-hydrogen) atoms. The smallest absolute Gasteiger partial charge is 0.284 e. The number of thiazole rings is 1. The van der Waals surface area contributed by atoms with E-state index in [-0.39, 0.29) is 17.8 Å². The number of anilines is 2. The Morgan fingerprint density at radius 1 is 1.19 bits per heavy atom. The fourth-order valence-corrected chi connectivity index (χ4v) is 4.22. The SMILES string of the molecule is Cc1sc(N(Cc2ccc(C(F)F)cc2)c2ccc(C#N)cc2)nc1C(=O)NS(C)(=O)=O. The normalized spacial score (nSPS) is 11.2. The summed E-state index contributed by atoms with van der Waals surface area (Å²) < 4.78 is 50.5. The third kappa shape index (κ3) is 5.66. The van der Waals surface area contributed by atoms with Crippen LogP contribution in [-0.2, 0) is 16.6 Å². The van der Waals surface area contributed by atoms with E-state index in [9.17, 15) is 22.0 Å². The minimum absolute atomic E-state index is 0.0258. The maximum Gasteiger partial charge on any atom is 0.284 e. The zero-order valence-corrected chi connectivity index (χ0v) is 18.7. The molecule has 0 aliphatic heterocycles. The highest BCUT2D eigenvalue weighted by atomic mass is 32.2. The second-order valence-corrected chi connectivity index (χ2v) is 9.82. The van der Waals surface area contributed by atoms with Gasteiger partial charge in [0.1, 0.15) is 5.69 Å². The summed E-state index contributed by atoms with van der Waals surface area (Å²) >= 11 is 1.18. The Balaban J connectivity index is 1.99. The molecule has 2 aromatic carbocycles. The van der Waals surface area contributed by atoms with Gasteiger partial charge >= 0.3 is 0 Å². The topological polar surface area (TPSA) is 103 Å². The number of amides is 1. The van der Waals surface area contributed by atoms with Gasteiger partial charge in [-0.25, -0.2) is 26.9 Å². The van der Waals surface area contributed by atoms with Crippen LogP contribution in [0.2, 0.25) is 0 Å². The van der Waals surface area contributed by atoms with Gasteiger partial charge in [0, 0.05) is 16.1 Å². The Morgan fingerprint density at radius 2 is 1.81 bits per heavy atom. The highest BCUT2D eigenvalue weighted by Gasteiger charge is 2.22. The van der Waals surface area contributed by atoms with Crippen molar-refractivity contribution in [2.75, 3.05) is 11.2 Å².